The lowest BCUT2D eigenvalue weighted by Gasteiger charge is -2.07. The number of rotatable bonds is 5. The minimum atomic E-state index is 0.400. The van der Waals surface area contributed by atoms with Gasteiger partial charge in [0.25, 0.3) is 0 Å². The van der Waals surface area contributed by atoms with Crippen molar-refractivity contribution in [2.24, 2.45) is 5.92 Å². The highest BCUT2D eigenvalue weighted by molar-refractivity contribution is 5.93. The molecule has 0 aromatic rings. The van der Waals surface area contributed by atoms with Crippen molar-refractivity contribution < 1.29 is 0 Å². The smallest absolute Gasteiger partial charge is 0.0336 e. The van der Waals surface area contributed by atoms with Crippen molar-refractivity contribution in [3.63, 3.8) is 0 Å². The Morgan fingerprint density at radius 3 is 2.70 bits per heavy atom. The van der Waals surface area contributed by atoms with Gasteiger partial charge >= 0.3 is 0 Å². The molecule has 0 spiro atoms. The quantitative estimate of drug-likeness (QED) is 0.566. The molecule has 0 aliphatic carbocycles. The summed E-state index contributed by atoms with van der Waals surface area (Å²) in [4.78, 5) is 0. The number of nitrogens with one attached hydrogen (secondary N) is 1. The lowest BCUT2D eigenvalue weighted by Crippen LogP contribution is -2.05. The number of unbranched alkanes of at least 4 members (excludes halogenated alkanes) is 1. The summed E-state index contributed by atoms with van der Waals surface area (Å²) in [6.45, 7) is 7.82. The maximum atomic E-state index is 7.40. The molecule has 10 heavy (non-hydrogen) atoms. The van der Waals surface area contributed by atoms with Crippen molar-refractivity contribution in [1.82, 2.24) is 0 Å². The van der Waals surface area contributed by atoms with E-state index in [-0.39, 0.29) is 0 Å². The normalized spacial score (nSPS) is 12.6. The van der Waals surface area contributed by atoms with Gasteiger partial charge in [-0.3, -0.25) is 0 Å². The highest BCUT2D eigenvalue weighted by atomic mass is 14.4. The molecule has 0 bridgehead atoms. The van der Waals surface area contributed by atoms with Crippen molar-refractivity contribution in [2.75, 3.05) is 0 Å². The molecule has 0 rings (SSSR count). The predicted octanol–water partition coefficient (Wildman–Crippen LogP) is 3.02. The highest BCUT2D eigenvalue weighted by Gasteiger charge is 2.03. The standard InChI is InChI=1S/C9H17N/c1-4-6-7-8(3)9(10)5-2/h5,8,10H,2,4,6-7H2,1,3H3/t8-/m0/s1. The van der Waals surface area contributed by atoms with Gasteiger partial charge in [0.05, 0.1) is 0 Å². The first kappa shape index (κ1) is 9.41. The van der Waals surface area contributed by atoms with Crippen LogP contribution < -0.4 is 0 Å². The molecule has 0 heterocycles. The van der Waals surface area contributed by atoms with E-state index in [1.807, 2.05) is 0 Å². The Balaban J connectivity index is 3.51. The highest BCUT2D eigenvalue weighted by Crippen LogP contribution is 2.08. The van der Waals surface area contributed by atoms with Crippen LogP contribution in [0.15, 0.2) is 12.7 Å². The lowest BCUT2D eigenvalue weighted by atomic mass is 9.99. The van der Waals surface area contributed by atoms with E-state index in [1.54, 1.807) is 6.08 Å². The summed E-state index contributed by atoms with van der Waals surface area (Å²) < 4.78 is 0. The molecular weight excluding hydrogens is 122 g/mol. The average molecular weight is 139 g/mol. The van der Waals surface area contributed by atoms with Gasteiger partial charge < -0.3 is 5.41 Å². The summed E-state index contributed by atoms with van der Waals surface area (Å²) in [7, 11) is 0. The van der Waals surface area contributed by atoms with E-state index in [2.05, 4.69) is 20.4 Å². The van der Waals surface area contributed by atoms with Crippen LogP contribution in [0, 0.1) is 11.3 Å². The summed E-state index contributed by atoms with van der Waals surface area (Å²) in [5.41, 5.74) is 0.674. The van der Waals surface area contributed by atoms with Gasteiger partial charge in [0, 0.05) is 5.71 Å². The fraction of sp³-hybridized carbons (Fsp3) is 0.667. The second-order valence-corrected chi connectivity index (χ2v) is 2.70. The Hall–Kier alpha value is -0.590. The Morgan fingerprint density at radius 2 is 2.30 bits per heavy atom. The molecule has 0 unspecified atom stereocenters. The van der Waals surface area contributed by atoms with Gasteiger partial charge in [-0.2, -0.15) is 0 Å². The SMILES string of the molecule is C=CC(=N)[C@@H](C)CCCC. The van der Waals surface area contributed by atoms with Crippen molar-refractivity contribution >= 4 is 5.71 Å². The van der Waals surface area contributed by atoms with Gasteiger partial charge in [-0.15, -0.1) is 0 Å². The first-order chi connectivity index (χ1) is 4.72. The van der Waals surface area contributed by atoms with Crippen LogP contribution in [0.25, 0.3) is 0 Å². The van der Waals surface area contributed by atoms with Crippen molar-refractivity contribution in [3.05, 3.63) is 12.7 Å². The minimum Gasteiger partial charge on any atom is -0.305 e. The third kappa shape index (κ3) is 3.44. The molecule has 1 N–H and O–H groups in total. The third-order valence-electron chi connectivity index (χ3n) is 1.74. The number of hydrogen-bond donors (Lipinski definition) is 1. The summed E-state index contributed by atoms with van der Waals surface area (Å²) in [6.07, 6.45) is 5.20. The van der Waals surface area contributed by atoms with Crippen molar-refractivity contribution in [3.8, 4) is 0 Å². The molecule has 0 amide bonds. The second kappa shape index (κ2) is 5.21. The zero-order valence-corrected chi connectivity index (χ0v) is 6.98. The van der Waals surface area contributed by atoms with E-state index < -0.39 is 0 Å². The Morgan fingerprint density at radius 1 is 1.70 bits per heavy atom. The van der Waals surface area contributed by atoms with Crippen LogP contribution in [0.4, 0.5) is 0 Å². The first-order valence-corrected chi connectivity index (χ1v) is 3.93. The maximum Gasteiger partial charge on any atom is 0.0336 e. The predicted molar refractivity (Wildman–Crippen MR) is 46.6 cm³/mol. The van der Waals surface area contributed by atoms with E-state index in [0.29, 0.717) is 11.6 Å². The van der Waals surface area contributed by atoms with Gasteiger partial charge in [0.15, 0.2) is 0 Å². The van der Waals surface area contributed by atoms with Gasteiger partial charge in [0.2, 0.25) is 0 Å². The van der Waals surface area contributed by atoms with E-state index in [1.165, 1.54) is 12.8 Å². The van der Waals surface area contributed by atoms with Crippen LogP contribution in [0.5, 0.6) is 0 Å². The first-order valence-electron chi connectivity index (χ1n) is 3.93. The lowest BCUT2D eigenvalue weighted by molar-refractivity contribution is 0.624. The van der Waals surface area contributed by atoms with E-state index >= 15 is 0 Å². The van der Waals surface area contributed by atoms with Crippen LogP contribution in [-0.4, -0.2) is 5.71 Å². The number of allylic oxidation sites excluding steroid dienone is 1. The van der Waals surface area contributed by atoms with E-state index in [0.717, 1.165) is 6.42 Å². The Kier molecular flexibility index (Phi) is 4.91. The maximum absolute atomic E-state index is 7.40. The van der Waals surface area contributed by atoms with E-state index in [9.17, 15) is 0 Å². The Labute approximate surface area is 63.7 Å². The molecule has 0 aliphatic heterocycles. The molecule has 0 saturated carbocycles. The van der Waals surface area contributed by atoms with Gasteiger partial charge in [-0.05, 0) is 18.4 Å². The molecule has 1 heteroatoms. The van der Waals surface area contributed by atoms with Crippen LogP contribution >= 0.6 is 0 Å². The zero-order chi connectivity index (χ0) is 7.98. The summed E-state index contributed by atoms with van der Waals surface area (Å²) in [5, 5.41) is 7.40. The third-order valence-corrected chi connectivity index (χ3v) is 1.74. The monoisotopic (exact) mass is 139 g/mol. The minimum absolute atomic E-state index is 0.400. The fourth-order valence-corrected chi connectivity index (χ4v) is 0.867. The topological polar surface area (TPSA) is 23.9 Å². The summed E-state index contributed by atoms with van der Waals surface area (Å²) in [6, 6.07) is 0. The van der Waals surface area contributed by atoms with Crippen LogP contribution in [0.1, 0.15) is 33.1 Å². The summed E-state index contributed by atoms with van der Waals surface area (Å²) in [5.74, 6) is 0.400. The van der Waals surface area contributed by atoms with Crippen molar-refractivity contribution in [2.45, 2.75) is 33.1 Å². The largest absolute Gasteiger partial charge is 0.305 e. The van der Waals surface area contributed by atoms with Gasteiger partial charge in [0.1, 0.15) is 0 Å². The van der Waals surface area contributed by atoms with Crippen LogP contribution in [-0.2, 0) is 0 Å². The molecule has 0 aliphatic rings. The van der Waals surface area contributed by atoms with Gasteiger partial charge in [-0.1, -0.05) is 33.3 Å². The Bertz CT molecular complexity index is 116. The van der Waals surface area contributed by atoms with Crippen LogP contribution in [0.3, 0.4) is 0 Å². The average Bonchev–Trinajstić information content (AvgIpc) is 1.98. The molecule has 0 aromatic heterocycles. The molecule has 0 saturated heterocycles. The molecule has 58 valence electrons. The molecule has 0 aromatic carbocycles. The second-order valence-electron chi connectivity index (χ2n) is 2.70. The van der Waals surface area contributed by atoms with E-state index in [4.69, 9.17) is 5.41 Å². The summed E-state index contributed by atoms with van der Waals surface area (Å²) >= 11 is 0. The van der Waals surface area contributed by atoms with Gasteiger partial charge in [-0.25, -0.2) is 0 Å². The zero-order valence-electron chi connectivity index (χ0n) is 6.98. The molecule has 0 fully saturated rings. The molecule has 1 atom stereocenters. The van der Waals surface area contributed by atoms with Crippen molar-refractivity contribution in [1.29, 1.82) is 5.41 Å². The fourth-order valence-electron chi connectivity index (χ4n) is 0.867. The molecular formula is C9H17N. The molecule has 1 nitrogen and oxygen atoms in total. The van der Waals surface area contributed by atoms with Crippen LogP contribution in [0.2, 0.25) is 0 Å². The number of hydrogen-bond acceptors (Lipinski definition) is 1. The molecule has 0 radical (unpaired) electrons.